The second kappa shape index (κ2) is 5.81. The lowest BCUT2D eigenvalue weighted by atomic mass is 10.0. The van der Waals surface area contributed by atoms with E-state index in [0.717, 1.165) is 19.0 Å². The molecule has 0 aliphatic heterocycles. The molecule has 0 bridgehead atoms. The molecule has 0 aliphatic rings. The molecule has 0 heterocycles. The van der Waals surface area contributed by atoms with Crippen molar-refractivity contribution in [2.24, 2.45) is 0 Å². The number of rotatable bonds is 5. The molecule has 1 atom stereocenters. The van der Waals surface area contributed by atoms with Crippen molar-refractivity contribution in [2.75, 3.05) is 6.54 Å². The van der Waals surface area contributed by atoms with Crippen LogP contribution in [0.5, 0.6) is 0 Å². The van der Waals surface area contributed by atoms with E-state index in [1.807, 2.05) is 13.8 Å². The van der Waals surface area contributed by atoms with Crippen LogP contribution in [0.25, 0.3) is 0 Å². The molecule has 0 radical (unpaired) electrons. The summed E-state index contributed by atoms with van der Waals surface area (Å²) in [5.74, 6) is -1.48. The van der Waals surface area contributed by atoms with E-state index >= 15 is 0 Å². The predicted octanol–water partition coefficient (Wildman–Crippen LogP) is 2.90. The first-order valence-corrected chi connectivity index (χ1v) is 5.35. The van der Waals surface area contributed by atoms with Gasteiger partial charge < -0.3 is 5.32 Å². The average Bonchev–Trinajstić information content (AvgIpc) is 2.24. The SMILES string of the molecule is CCNC(CC)Cc1cccc(F)c1F. The van der Waals surface area contributed by atoms with Crippen LogP contribution in [0.1, 0.15) is 25.8 Å². The van der Waals surface area contributed by atoms with Crippen molar-refractivity contribution in [3.8, 4) is 0 Å². The lowest BCUT2D eigenvalue weighted by molar-refractivity contribution is 0.469. The minimum Gasteiger partial charge on any atom is -0.314 e. The second-order valence-electron chi connectivity index (χ2n) is 3.58. The fourth-order valence-electron chi connectivity index (χ4n) is 1.62. The van der Waals surface area contributed by atoms with Crippen LogP contribution >= 0.6 is 0 Å². The van der Waals surface area contributed by atoms with Gasteiger partial charge in [-0.2, -0.15) is 0 Å². The summed E-state index contributed by atoms with van der Waals surface area (Å²) in [6.45, 7) is 4.88. The van der Waals surface area contributed by atoms with Crippen LogP contribution in [0.2, 0.25) is 0 Å². The normalized spacial score (nSPS) is 12.8. The van der Waals surface area contributed by atoms with E-state index in [9.17, 15) is 8.78 Å². The van der Waals surface area contributed by atoms with Crippen LogP contribution in [0, 0.1) is 11.6 Å². The van der Waals surface area contributed by atoms with E-state index in [-0.39, 0.29) is 6.04 Å². The molecule has 1 unspecified atom stereocenters. The lowest BCUT2D eigenvalue weighted by Crippen LogP contribution is -2.30. The van der Waals surface area contributed by atoms with E-state index in [4.69, 9.17) is 0 Å². The fraction of sp³-hybridized carbons (Fsp3) is 0.500. The molecular formula is C12H17F2N. The maximum absolute atomic E-state index is 13.3. The highest BCUT2D eigenvalue weighted by atomic mass is 19.2. The number of nitrogens with one attached hydrogen (secondary N) is 1. The molecule has 1 rings (SSSR count). The van der Waals surface area contributed by atoms with Gasteiger partial charge in [-0.3, -0.25) is 0 Å². The Labute approximate surface area is 89.5 Å². The molecule has 15 heavy (non-hydrogen) atoms. The Bertz CT molecular complexity index is 312. The smallest absolute Gasteiger partial charge is 0.162 e. The molecule has 84 valence electrons. The molecule has 0 saturated heterocycles. The number of halogens is 2. The van der Waals surface area contributed by atoms with E-state index in [1.54, 1.807) is 12.1 Å². The number of hydrogen-bond acceptors (Lipinski definition) is 1. The standard InChI is InChI=1S/C12H17F2N/c1-3-10(15-4-2)8-9-6-5-7-11(13)12(9)14/h5-7,10,15H,3-4,8H2,1-2H3. The highest BCUT2D eigenvalue weighted by Crippen LogP contribution is 2.14. The summed E-state index contributed by atoms with van der Waals surface area (Å²) in [6.07, 6.45) is 1.44. The molecule has 0 aromatic heterocycles. The Hall–Kier alpha value is -0.960. The van der Waals surface area contributed by atoms with Gasteiger partial charge in [0.15, 0.2) is 11.6 Å². The highest BCUT2D eigenvalue weighted by molar-refractivity contribution is 5.19. The number of benzene rings is 1. The zero-order valence-electron chi connectivity index (χ0n) is 9.19. The fourth-order valence-corrected chi connectivity index (χ4v) is 1.62. The Kier molecular flexibility index (Phi) is 4.69. The maximum atomic E-state index is 13.3. The van der Waals surface area contributed by atoms with Crippen molar-refractivity contribution in [1.82, 2.24) is 5.32 Å². The first kappa shape index (κ1) is 12.1. The van der Waals surface area contributed by atoms with Gasteiger partial charge in [0.25, 0.3) is 0 Å². The van der Waals surface area contributed by atoms with Crippen molar-refractivity contribution in [2.45, 2.75) is 32.7 Å². The second-order valence-corrected chi connectivity index (χ2v) is 3.58. The molecule has 1 N–H and O–H groups in total. The predicted molar refractivity (Wildman–Crippen MR) is 57.8 cm³/mol. The zero-order chi connectivity index (χ0) is 11.3. The first-order valence-electron chi connectivity index (χ1n) is 5.35. The maximum Gasteiger partial charge on any atom is 0.162 e. The van der Waals surface area contributed by atoms with Gasteiger partial charge in [0, 0.05) is 6.04 Å². The molecule has 1 nitrogen and oxygen atoms in total. The van der Waals surface area contributed by atoms with Crippen LogP contribution in [-0.2, 0) is 6.42 Å². The topological polar surface area (TPSA) is 12.0 Å². The monoisotopic (exact) mass is 213 g/mol. The van der Waals surface area contributed by atoms with Gasteiger partial charge in [0.2, 0.25) is 0 Å². The third-order valence-electron chi connectivity index (χ3n) is 2.48. The minimum atomic E-state index is -0.765. The summed E-state index contributed by atoms with van der Waals surface area (Å²) in [6, 6.07) is 4.55. The Morgan fingerprint density at radius 3 is 2.60 bits per heavy atom. The van der Waals surface area contributed by atoms with Gasteiger partial charge in [0.05, 0.1) is 0 Å². The third-order valence-corrected chi connectivity index (χ3v) is 2.48. The highest BCUT2D eigenvalue weighted by Gasteiger charge is 2.12. The Morgan fingerprint density at radius 1 is 1.27 bits per heavy atom. The molecule has 0 amide bonds. The van der Waals surface area contributed by atoms with Crippen LogP contribution < -0.4 is 5.32 Å². The van der Waals surface area contributed by atoms with Gasteiger partial charge in [-0.05, 0) is 31.0 Å². The lowest BCUT2D eigenvalue weighted by Gasteiger charge is -2.16. The van der Waals surface area contributed by atoms with Crippen molar-refractivity contribution in [3.05, 3.63) is 35.4 Å². The first-order chi connectivity index (χ1) is 7.19. The van der Waals surface area contributed by atoms with Gasteiger partial charge in [0.1, 0.15) is 0 Å². The molecule has 3 heteroatoms. The van der Waals surface area contributed by atoms with Crippen molar-refractivity contribution in [1.29, 1.82) is 0 Å². The third kappa shape index (κ3) is 3.27. The molecule has 1 aromatic carbocycles. The van der Waals surface area contributed by atoms with Gasteiger partial charge in [-0.25, -0.2) is 8.78 Å². The molecule has 0 saturated carbocycles. The van der Waals surface area contributed by atoms with Gasteiger partial charge >= 0.3 is 0 Å². The van der Waals surface area contributed by atoms with Gasteiger partial charge in [-0.15, -0.1) is 0 Å². The van der Waals surface area contributed by atoms with Crippen LogP contribution in [0.15, 0.2) is 18.2 Å². The van der Waals surface area contributed by atoms with E-state index in [0.29, 0.717) is 12.0 Å². The molecular weight excluding hydrogens is 196 g/mol. The molecule has 1 aromatic rings. The zero-order valence-corrected chi connectivity index (χ0v) is 9.19. The number of likely N-dealkylation sites (N-methyl/N-ethyl adjacent to an activating group) is 1. The van der Waals surface area contributed by atoms with Crippen molar-refractivity contribution < 1.29 is 8.78 Å². The molecule has 0 fully saturated rings. The summed E-state index contributed by atoms with van der Waals surface area (Å²) in [4.78, 5) is 0. The van der Waals surface area contributed by atoms with E-state index in [1.165, 1.54) is 0 Å². The Balaban J connectivity index is 2.74. The Morgan fingerprint density at radius 2 is 2.00 bits per heavy atom. The van der Waals surface area contributed by atoms with E-state index < -0.39 is 11.6 Å². The largest absolute Gasteiger partial charge is 0.314 e. The minimum absolute atomic E-state index is 0.214. The molecule has 0 spiro atoms. The molecule has 0 aliphatic carbocycles. The van der Waals surface area contributed by atoms with Crippen molar-refractivity contribution in [3.63, 3.8) is 0 Å². The van der Waals surface area contributed by atoms with Crippen LogP contribution in [0.3, 0.4) is 0 Å². The summed E-state index contributed by atoms with van der Waals surface area (Å²) in [5, 5.41) is 3.24. The summed E-state index contributed by atoms with van der Waals surface area (Å²) in [7, 11) is 0. The van der Waals surface area contributed by atoms with Gasteiger partial charge in [-0.1, -0.05) is 26.0 Å². The average molecular weight is 213 g/mol. The quantitative estimate of drug-likeness (QED) is 0.793. The summed E-state index contributed by atoms with van der Waals surface area (Å²) >= 11 is 0. The van der Waals surface area contributed by atoms with Crippen molar-refractivity contribution >= 4 is 0 Å². The van der Waals surface area contributed by atoms with Crippen LogP contribution in [0.4, 0.5) is 8.78 Å². The summed E-state index contributed by atoms with van der Waals surface area (Å²) < 4.78 is 26.3. The summed E-state index contributed by atoms with van der Waals surface area (Å²) in [5.41, 5.74) is 0.447. The van der Waals surface area contributed by atoms with Crippen LogP contribution in [-0.4, -0.2) is 12.6 Å². The van der Waals surface area contributed by atoms with E-state index in [2.05, 4.69) is 5.32 Å². The number of hydrogen-bond donors (Lipinski definition) is 1.